The molecule has 5 heteroatoms. The average molecular weight is 519 g/mol. The molecule has 0 aromatic heterocycles. The molecule has 4 nitrogen and oxygen atoms in total. The highest BCUT2D eigenvalue weighted by Gasteiger charge is 2.29. The van der Waals surface area contributed by atoms with E-state index in [9.17, 15) is 9.59 Å². The standard InChI is InChI=1S/C25H30INO3/c1-25(2,3)30-23(28)16-19(15-17-11-13-20(26)14-12-17)24(29)27-22-10-6-8-18-7-4-5-9-21(18)22/h4-5,7,9,11-14,19,22H,6,8,10,15-16H2,1-3H3,(H,27,29)/t19-,22?/m1/s1. The number of hydrogen-bond donors (Lipinski definition) is 1. The zero-order valence-electron chi connectivity index (χ0n) is 17.9. The van der Waals surface area contributed by atoms with Crippen LogP contribution in [0.15, 0.2) is 48.5 Å². The Morgan fingerprint density at radius 1 is 1.13 bits per heavy atom. The second-order valence-electron chi connectivity index (χ2n) is 8.97. The molecule has 1 unspecified atom stereocenters. The van der Waals surface area contributed by atoms with E-state index in [0.717, 1.165) is 28.4 Å². The fourth-order valence-corrected chi connectivity index (χ4v) is 4.30. The number of ether oxygens (including phenoxy) is 1. The molecule has 0 saturated heterocycles. The van der Waals surface area contributed by atoms with Gasteiger partial charge in [0.25, 0.3) is 0 Å². The van der Waals surface area contributed by atoms with Crippen LogP contribution in [0.2, 0.25) is 0 Å². The van der Waals surface area contributed by atoms with Crippen molar-refractivity contribution in [1.29, 1.82) is 0 Å². The molecule has 2 aromatic carbocycles. The number of carbonyl (C=O) groups is 2. The van der Waals surface area contributed by atoms with Gasteiger partial charge in [-0.15, -0.1) is 0 Å². The van der Waals surface area contributed by atoms with E-state index < -0.39 is 11.5 Å². The number of hydrogen-bond acceptors (Lipinski definition) is 3. The van der Waals surface area contributed by atoms with Crippen LogP contribution >= 0.6 is 22.6 Å². The number of fused-ring (bicyclic) bond motifs is 1. The molecular formula is C25H30INO3. The predicted molar refractivity (Wildman–Crippen MR) is 127 cm³/mol. The third-order valence-corrected chi connectivity index (χ3v) is 6.00. The van der Waals surface area contributed by atoms with E-state index >= 15 is 0 Å². The Labute approximate surface area is 192 Å². The van der Waals surface area contributed by atoms with Crippen molar-refractivity contribution < 1.29 is 14.3 Å². The van der Waals surface area contributed by atoms with Crippen molar-refractivity contribution in [3.05, 3.63) is 68.8 Å². The summed E-state index contributed by atoms with van der Waals surface area (Å²) in [4.78, 5) is 25.8. The Hall–Kier alpha value is -1.89. The van der Waals surface area contributed by atoms with E-state index in [4.69, 9.17) is 4.74 Å². The zero-order valence-corrected chi connectivity index (χ0v) is 20.1. The van der Waals surface area contributed by atoms with Crippen molar-refractivity contribution in [2.24, 2.45) is 5.92 Å². The first-order valence-corrected chi connectivity index (χ1v) is 11.6. The highest BCUT2D eigenvalue weighted by molar-refractivity contribution is 14.1. The molecule has 1 aliphatic carbocycles. The number of aryl methyl sites for hydroxylation is 1. The van der Waals surface area contributed by atoms with Crippen LogP contribution < -0.4 is 5.32 Å². The predicted octanol–water partition coefficient (Wildman–Crippen LogP) is 5.38. The lowest BCUT2D eigenvalue weighted by Gasteiger charge is -2.28. The van der Waals surface area contributed by atoms with Gasteiger partial charge in [0.15, 0.2) is 0 Å². The molecule has 0 radical (unpaired) electrons. The molecule has 0 saturated carbocycles. The number of halogens is 1. The van der Waals surface area contributed by atoms with Crippen LogP contribution in [0.25, 0.3) is 0 Å². The molecule has 30 heavy (non-hydrogen) atoms. The van der Waals surface area contributed by atoms with E-state index in [2.05, 4.69) is 40.0 Å². The minimum atomic E-state index is -0.566. The Morgan fingerprint density at radius 3 is 2.53 bits per heavy atom. The summed E-state index contributed by atoms with van der Waals surface area (Å²) in [7, 11) is 0. The highest BCUT2D eigenvalue weighted by atomic mass is 127. The molecule has 1 aliphatic rings. The Morgan fingerprint density at radius 2 is 1.83 bits per heavy atom. The van der Waals surface area contributed by atoms with Crippen molar-refractivity contribution in [2.45, 2.75) is 64.5 Å². The molecule has 2 atom stereocenters. The lowest BCUT2D eigenvalue weighted by atomic mass is 9.87. The Kier molecular flexibility index (Phi) is 7.55. The summed E-state index contributed by atoms with van der Waals surface area (Å²) in [6.07, 6.45) is 3.60. The monoisotopic (exact) mass is 519 g/mol. The summed E-state index contributed by atoms with van der Waals surface area (Å²) in [5, 5.41) is 3.23. The van der Waals surface area contributed by atoms with Gasteiger partial charge in [-0.2, -0.15) is 0 Å². The maximum atomic E-state index is 13.3. The number of nitrogens with one attached hydrogen (secondary N) is 1. The van der Waals surface area contributed by atoms with Gasteiger partial charge in [0, 0.05) is 3.57 Å². The van der Waals surface area contributed by atoms with Crippen LogP contribution in [-0.4, -0.2) is 17.5 Å². The maximum absolute atomic E-state index is 13.3. The van der Waals surface area contributed by atoms with E-state index in [0.29, 0.717) is 6.42 Å². The van der Waals surface area contributed by atoms with Gasteiger partial charge in [-0.3, -0.25) is 9.59 Å². The maximum Gasteiger partial charge on any atom is 0.307 e. The molecule has 1 amide bonds. The van der Waals surface area contributed by atoms with Crippen molar-refractivity contribution in [2.75, 3.05) is 0 Å². The normalized spacial score (nSPS) is 17.0. The van der Waals surface area contributed by atoms with Crippen LogP contribution in [0, 0.1) is 9.49 Å². The van der Waals surface area contributed by atoms with E-state index in [1.807, 2.05) is 57.2 Å². The van der Waals surface area contributed by atoms with E-state index in [1.165, 1.54) is 11.1 Å². The molecule has 0 bridgehead atoms. The first-order valence-electron chi connectivity index (χ1n) is 10.6. The Balaban J connectivity index is 1.75. The third kappa shape index (κ3) is 6.56. The van der Waals surface area contributed by atoms with Crippen LogP contribution in [-0.2, 0) is 27.2 Å². The van der Waals surface area contributed by atoms with Crippen LogP contribution in [0.3, 0.4) is 0 Å². The molecule has 0 aliphatic heterocycles. The van der Waals surface area contributed by atoms with E-state index in [-0.39, 0.29) is 24.3 Å². The lowest BCUT2D eigenvalue weighted by Crippen LogP contribution is -2.38. The van der Waals surface area contributed by atoms with Crippen LogP contribution in [0.1, 0.15) is 62.8 Å². The minimum Gasteiger partial charge on any atom is -0.460 e. The van der Waals surface area contributed by atoms with Gasteiger partial charge in [0.2, 0.25) is 5.91 Å². The van der Waals surface area contributed by atoms with Gasteiger partial charge in [0.1, 0.15) is 5.60 Å². The first kappa shape index (κ1) is 22.8. The molecular weight excluding hydrogens is 489 g/mol. The molecule has 0 heterocycles. The highest BCUT2D eigenvalue weighted by Crippen LogP contribution is 2.30. The average Bonchev–Trinajstić information content (AvgIpc) is 2.68. The number of carbonyl (C=O) groups excluding carboxylic acids is 2. The topological polar surface area (TPSA) is 55.4 Å². The van der Waals surface area contributed by atoms with Crippen molar-refractivity contribution in [3.63, 3.8) is 0 Å². The van der Waals surface area contributed by atoms with Crippen molar-refractivity contribution in [1.82, 2.24) is 5.32 Å². The van der Waals surface area contributed by atoms with Gasteiger partial charge in [-0.1, -0.05) is 36.4 Å². The van der Waals surface area contributed by atoms with Crippen LogP contribution in [0.4, 0.5) is 0 Å². The van der Waals surface area contributed by atoms with Crippen molar-refractivity contribution in [3.8, 4) is 0 Å². The lowest BCUT2D eigenvalue weighted by molar-refractivity contribution is -0.157. The fraction of sp³-hybridized carbons (Fsp3) is 0.440. The molecule has 160 valence electrons. The van der Waals surface area contributed by atoms with Gasteiger partial charge < -0.3 is 10.1 Å². The summed E-state index contributed by atoms with van der Waals surface area (Å²) in [6, 6.07) is 16.4. The third-order valence-electron chi connectivity index (χ3n) is 5.29. The minimum absolute atomic E-state index is 0.000285. The number of rotatable bonds is 6. The smallest absolute Gasteiger partial charge is 0.307 e. The first-order chi connectivity index (χ1) is 14.2. The largest absolute Gasteiger partial charge is 0.460 e. The summed E-state index contributed by atoms with van der Waals surface area (Å²) >= 11 is 2.26. The second-order valence-corrected chi connectivity index (χ2v) is 10.2. The van der Waals surface area contributed by atoms with E-state index in [1.54, 1.807) is 0 Å². The number of benzene rings is 2. The van der Waals surface area contributed by atoms with Crippen LogP contribution in [0.5, 0.6) is 0 Å². The summed E-state index contributed by atoms with van der Waals surface area (Å²) in [6.45, 7) is 5.54. The number of amides is 1. The summed E-state index contributed by atoms with van der Waals surface area (Å²) < 4.78 is 6.64. The number of esters is 1. The molecule has 2 aromatic rings. The molecule has 3 rings (SSSR count). The molecule has 1 N–H and O–H groups in total. The summed E-state index contributed by atoms with van der Waals surface area (Å²) in [5.74, 6) is -0.882. The summed E-state index contributed by atoms with van der Waals surface area (Å²) in [5.41, 5.74) is 2.98. The quantitative estimate of drug-likeness (QED) is 0.412. The van der Waals surface area contributed by atoms with Gasteiger partial charge in [0.05, 0.1) is 18.4 Å². The second kappa shape index (κ2) is 9.94. The van der Waals surface area contributed by atoms with Gasteiger partial charge in [-0.25, -0.2) is 0 Å². The van der Waals surface area contributed by atoms with Gasteiger partial charge in [-0.05, 0) is 97.9 Å². The zero-order chi connectivity index (χ0) is 21.7. The molecule has 0 fully saturated rings. The Bertz CT molecular complexity index is 886. The molecule has 0 spiro atoms. The SMILES string of the molecule is CC(C)(C)OC(=O)C[C@@H](Cc1ccc(I)cc1)C(=O)NC1CCCc2ccccc21. The van der Waals surface area contributed by atoms with Gasteiger partial charge >= 0.3 is 5.97 Å². The van der Waals surface area contributed by atoms with Crippen molar-refractivity contribution >= 4 is 34.5 Å². The fourth-order valence-electron chi connectivity index (χ4n) is 3.94.